The summed E-state index contributed by atoms with van der Waals surface area (Å²) >= 11 is 0. The van der Waals surface area contributed by atoms with Gasteiger partial charge in [0.25, 0.3) is 0 Å². The number of rotatable bonds is 8. The third-order valence-electron chi connectivity index (χ3n) is 3.18. The fourth-order valence-electron chi connectivity index (χ4n) is 2.35. The van der Waals surface area contributed by atoms with E-state index in [1.165, 1.54) is 4.67 Å². The Kier molecular flexibility index (Phi) is 7.90. The normalized spacial score (nSPS) is 13.6. The Morgan fingerprint density at radius 1 is 1.11 bits per heavy atom. The lowest BCUT2D eigenvalue weighted by Crippen LogP contribution is -2.40. The molecule has 0 aliphatic rings. The lowest BCUT2D eigenvalue weighted by atomic mass is 9.91. The summed E-state index contributed by atoms with van der Waals surface area (Å²) in [5, 5.41) is 17.3. The SMILES string of the molecule is CC(C)N([C@@H](C)C(CCC#N)CCC#N)P(=O)(O)O. The highest BCUT2D eigenvalue weighted by molar-refractivity contribution is 7.49. The van der Waals surface area contributed by atoms with E-state index < -0.39 is 7.75 Å². The quantitative estimate of drug-likeness (QED) is 0.663. The third kappa shape index (κ3) is 6.18. The van der Waals surface area contributed by atoms with Crippen LogP contribution in [0.25, 0.3) is 0 Å². The molecule has 0 aromatic carbocycles. The summed E-state index contributed by atoms with van der Waals surface area (Å²) in [6.45, 7) is 5.20. The third-order valence-corrected chi connectivity index (χ3v) is 4.61. The zero-order valence-electron chi connectivity index (χ0n) is 11.7. The van der Waals surface area contributed by atoms with Gasteiger partial charge in [0.1, 0.15) is 0 Å². The molecular weight excluding hydrogens is 265 g/mol. The van der Waals surface area contributed by atoms with Crippen molar-refractivity contribution < 1.29 is 14.4 Å². The van der Waals surface area contributed by atoms with Gasteiger partial charge in [0.15, 0.2) is 0 Å². The molecular formula is C12H22N3O3P. The number of nitrogens with zero attached hydrogens (tertiary/aromatic N) is 3. The zero-order valence-corrected chi connectivity index (χ0v) is 12.5. The van der Waals surface area contributed by atoms with E-state index >= 15 is 0 Å². The summed E-state index contributed by atoms with van der Waals surface area (Å²) in [5.74, 6) is -0.0747. The molecule has 0 heterocycles. The van der Waals surface area contributed by atoms with Gasteiger partial charge in [-0.15, -0.1) is 0 Å². The molecule has 0 rings (SSSR count). The van der Waals surface area contributed by atoms with Crippen molar-refractivity contribution in [3.8, 4) is 12.1 Å². The van der Waals surface area contributed by atoms with Gasteiger partial charge in [-0.25, -0.2) is 9.24 Å². The fraction of sp³-hybridized carbons (Fsp3) is 0.833. The highest BCUT2D eigenvalue weighted by atomic mass is 31.2. The molecule has 2 N–H and O–H groups in total. The molecule has 1 atom stereocenters. The minimum atomic E-state index is -4.34. The van der Waals surface area contributed by atoms with Crippen LogP contribution in [-0.4, -0.2) is 26.5 Å². The Labute approximate surface area is 114 Å². The number of hydrogen-bond donors (Lipinski definition) is 2. The van der Waals surface area contributed by atoms with Gasteiger partial charge in [0, 0.05) is 24.9 Å². The van der Waals surface area contributed by atoms with Crippen LogP contribution in [0.4, 0.5) is 0 Å². The average molecular weight is 287 g/mol. The molecule has 0 spiro atoms. The Balaban J connectivity index is 5.02. The molecule has 7 heteroatoms. The molecule has 0 unspecified atom stereocenters. The maximum atomic E-state index is 11.6. The van der Waals surface area contributed by atoms with Crippen molar-refractivity contribution in [2.75, 3.05) is 0 Å². The van der Waals surface area contributed by atoms with Crippen molar-refractivity contribution in [3.05, 3.63) is 0 Å². The maximum absolute atomic E-state index is 11.6. The van der Waals surface area contributed by atoms with Crippen LogP contribution in [0, 0.1) is 28.6 Å². The van der Waals surface area contributed by atoms with Crippen LogP contribution >= 0.6 is 7.75 Å². The summed E-state index contributed by atoms with van der Waals surface area (Å²) in [6.07, 6.45) is 1.74. The van der Waals surface area contributed by atoms with Crippen LogP contribution in [0.15, 0.2) is 0 Å². The van der Waals surface area contributed by atoms with E-state index in [-0.39, 0.29) is 18.0 Å². The minimum Gasteiger partial charge on any atom is -0.312 e. The first-order valence-electron chi connectivity index (χ1n) is 6.34. The van der Waals surface area contributed by atoms with E-state index in [0.717, 1.165) is 0 Å². The molecule has 6 nitrogen and oxygen atoms in total. The van der Waals surface area contributed by atoms with Crippen LogP contribution in [0.2, 0.25) is 0 Å². The smallest absolute Gasteiger partial charge is 0.312 e. The van der Waals surface area contributed by atoms with E-state index in [2.05, 4.69) is 0 Å². The molecule has 19 heavy (non-hydrogen) atoms. The predicted octanol–water partition coefficient (Wildman–Crippen LogP) is 2.40. The van der Waals surface area contributed by atoms with Crippen molar-refractivity contribution in [2.24, 2.45) is 5.92 Å². The van der Waals surface area contributed by atoms with Gasteiger partial charge in [0.05, 0.1) is 12.1 Å². The summed E-state index contributed by atoms with van der Waals surface area (Å²) in [5.41, 5.74) is 0. The average Bonchev–Trinajstić information content (AvgIpc) is 2.26. The molecule has 0 aromatic heterocycles. The fourth-order valence-corrected chi connectivity index (χ4v) is 3.62. The van der Waals surface area contributed by atoms with Gasteiger partial charge in [0.2, 0.25) is 0 Å². The van der Waals surface area contributed by atoms with Crippen molar-refractivity contribution in [1.29, 1.82) is 10.5 Å². The second kappa shape index (κ2) is 8.30. The van der Waals surface area contributed by atoms with E-state index in [1.54, 1.807) is 20.8 Å². The summed E-state index contributed by atoms with van der Waals surface area (Å²) in [7, 11) is -4.34. The molecule has 0 radical (unpaired) electrons. The van der Waals surface area contributed by atoms with Crippen molar-refractivity contribution in [3.63, 3.8) is 0 Å². The number of hydrogen-bond acceptors (Lipinski definition) is 3. The summed E-state index contributed by atoms with van der Waals surface area (Å²) in [6, 6.07) is 3.41. The maximum Gasteiger partial charge on any atom is 0.403 e. The lowest BCUT2D eigenvalue weighted by Gasteiger charge is -2.37. The number of nitriles is 2. The van der Waals surface area contributed by atoms with Gasteiger partial charge < -0.3 is 9.79 Å². The monoisotopic (exact) mass is 287 g/mol. The van der Waals surface area contributed by atoms with Crippen molar-refractivity contribution in [2.45, 2.75) is 58.5 Å². The summed E-state index contributed by atoms with van der Waals surface area (Å²) < 4.78 is 12.7. The van der Waals surface area contributed by atoms with E-state index in [9.17, 15) is 14.4 Å². The first-order chi connectivity index (χ1) is 8.75. The summed E-state index contributed by atoms with van der Waals surface area (Å²) in [4.78, 5) is 18.8. The van der Waals surface area contributed by atoms with E-state index in [1.807, 2.05) is 12.1 Å². The highest BCUT2D eigenvalue weighted by Crippen LogP contribution is 2.45. The molecule has 0 saturated carbocycles. The van der Waals surface area contributed by atoms with Gasteiger partial charge >= 0.3 is 7.75 Å². The topological polar surface area (TPSA) is 108 Å². The van der Waals surface area contributed by atoms with Crippen molar-refractivity contribution in [1.82, 2.24) is 4.67 Å². The highest BCUT2D eigenvalue weighted by Gasteiger charge is 2.36. The Morgan fingerprint density at radius 3 is 1.79 bits per heavy atom. The second-order valence-corrected chi connectivity index (χ2v) is 6.37. The minimum absolute atomic E-state index is 0.0747. The van der Waals surface area contributed by atoms with Crippen LogP contribution in [0.1, 0.15) is 46.5 Å². The molecule has 0 aromatic rings. The van der Waals surface area contributed by atoms with Gasteiger partial charge in [-0.05, 0) is 39.5 Å². The standard InChI is InChI=1S/C12H22N3O3P/c1-10(2)15(19(16,17)18)11(3)12(6-4-8-13)7-5-9-14/h10-12H,4-7H2,1-3H3,(H2,16,17,18)/t11-/m0/s1. The van der Waals surface area contributed by atoms with Gasteiger partial charge in [-0.3, -0.25) is 0 Å². The second-order valence-electron chi connectivity index (χ2n) is 4.88. The van der Waals surface area contributed by atoms with E-state index in [4.69, 9.17) is 10.5 Å². The Morgan fingerprint density at radius 2 is 1.53 bits per heavy atom. The zero-order chi connectivity index (χ0) is 15.1. The molecule has 108 valence electrons. The van der Waals surface area contributed by atoms with Crippen LogP contribution in [0.3, 0.4) is 0 Å². The molecule has 0 saturated heterocycles. The Bertz CT molecular complexity index is 376. The van der Waals surface area contributed by atoms with Crippen LogP contribution in [0.5, 0.6) is 0 Å². The predicted molar refractivity (Wildman–Crippen MR) is 71.7 cm³/mol. The molecule has 0 aliphatic carbocycles. The lowest BCUT2D eigenvalue weighted by molar-refractivity contribution is 0.155. The van der Waals surface area contributed by atoms with Crippen molar-refractivity contribution >= 4 is 7.75 Å². The first kappa shape index (κ1) is 18.1. The molecule has 0 aliphatic heterocycles. The molecule has 0 bridgehead atoms. The largest absolute Gasteiger partial charge is 0.403 e. The molecule has 0 fully saturated rings. The van der Waals surface area contributed by atoms with Crippen LogP contribution < -0.4 is 0 Å². The van der Waals surface area contributed by atoms with Gasteiger partial charge in [-0.2, -0.15) is 10.5 Å². The molecule has 0 amide bonds. The first-order valence-corrected chi connectivity index (χ1v) is 7.90. The Hall–Kier alpha value is -0.910. The van der Waals surface area contributed by atoms with E-state index in [0.29, 0.717) is 25.7 Å². The van der Waals surface area contributed by atoms with Gasteiger partial charge in [-0.1, -0.05) is 0 Å². The van der Waals surface area contributed by atoms with Crippen LogP contribution in [-0.2, 0) is 4.57 Å².